The van der Waals surface area contributed by atoms with E-state index in [4.69, 9.17) is 10.5 Å². The highest BCUT2D eigenvalue weighted by Gasteiger charge is 2.30. The summed E-state index contributed by atoms with van der Waals surface area (Å²) < 4.78 is 5.45. The molecule has 0 aliphatic carbocycles. The molecule has 0 saturated carbocycles. The SMILES string of the molecule is NCC1CC(C(=O)Nc2cccc(C(=O)Nc3ccccn3)c2)CO1. The van der Waals surface area contributed by atoms with Gasteiger partial charge >= 0.3 is 0 Å². The minimum Gasteiger partial charge on any atom is -0.376 e. The smallest absolute Gasteiger partial charge is 0.256 e. The third-order valence-electron chi connectivity index (χ3n) is 4.01. The predicted molar refractivity (Wildman–Crippen MR) is 94.2 cm³/mol. The molecule has 0 spiro atoms. The lowest BCUT2D eigenvalue weighted by Crippen LogP contribution is -2.24. The first-order valence-corrected chi connectivity index (χ1v) is 8.10. The third kappa shape index (κ3) is 4.40. The van der Waals surface area contributed by atoms with Crippen LogP contribution in [0.15, 0.2) is 48.7 Å². The summed E-state index contributed by atoms with van der Waals surface area (Å²) in [5, 5.41) is 5.54. The maximum absolute atomic E-state index is 12.3. The molecule has 2 amide bonds. The van der Waals surface area contributed by atoms with Crippen LogP contribution in [-0.2, 0) is 9.53 Å². The molecule has 2 unspecified atom stereocenters. The van der Waals surface area contributed by atoms with Gasteiger partial charge in [-0.1, -0.05) is 12.1 Å². The van der Waals surface area contributed by atoms with Gasteiger partial charge in [0.25, 0.3) is 5.91 Å². The first kappa shape index (κ1) is 17.1. The summed E-state index contributed by atoms with van der Waals surface area (Å²) in [5.74, 6) is -0.169. The van der Waals surface area contributed by atoms with Crippen molar-refractivity contribution in [3.05, 3.63) is 54.2 Å². The molecular weight excluding hydrogens is 320 g/mol. The number of amides is 2. The maximum atomic E-state index is 12.3. The lowest BCUT2D eigenvalue weighted by Gasteiger charge is -2.11. The quantitative estimate of drug-likeness (QED) is 0.767. The van der Waals surface area contributed by atoms with Crippen LogP contribution in [0.1, 0.15) is 16.8 Å². The number of pyridine rings is 1. The van der Waals surface area contributed by atoms with Crippen molar-refractivity contribution in [3.63, 3.8) is 0 Å². The van der Waals surface area contributed by atoms with Gasteiger partial charge in [0.2, 0.25) is 5.91 Å². The number of nitrogens with one attached hydrogen (secondary N) is 2. The first-order valence-electron chi connectivity index (χ1n) is 8.10. The summed E-state index contributed by atoms with van der Waals surface area (Å²) in [7, 11) is 0. The number of anilines is 2. The van der Waals surface area contributed by atoms with Crippen LogP contribution in [0.5, 0.6) is 0 Å². The number of carbonyl (C=O) groups is 2. The topological polar surface area (TPSA) is 106 Å². The van der Waals surface area contributed by atoms with Gasteiger partial charge in [-0.05, 0) is 36.8 Å². The molecule has 25 heavy (non-hydrogen) atoms. The molecule has 4 N–H and O–H groups in total. The van der Waals surface area contributed by atoms with Gasteiger partial charge in [0, 0.05) is 24.0 Å². The molecule has 2 aromatic rings. The van der Waals surface area contributed by atoms with Crippen molar-refractivity contribution in [3.8, 4) is 0 Å². The van der Waals surface area contributed by atoms with E-state index in [1.54, 1.807) is 48.7 Å². The Bertz CT molecular complexity index is 751. The van der Waals surface area contributed by atoms with Crippen LogP contribution in [0.25, 0.3) is 0 Å². The normalized spacial score (nSPS) is 19.4. The van der Waals surface area contributed by atoms with Gasteiger partial charge in [0.15, 0.2) is 0 Å². The molecule has 1 aliphatic rings. The van der Waals surface area contributed by atoms with Crippen molar-refractivity contribution in [2.75, 3.05) is 23.8 Å². The highest BCUT2D eigenvalue weighted by Crippen LogP contribution is 2.21. The number of nitrogens with zero attached hydrogens (tertiary/aromatic N) is 1. The average Bonchev–Trinajstić information content (AvgIpc) is 3.12. The summed E-state index contributed by atoms with van der Waals surface area (Å²) in [6.45, 7) is 0.778. The Balaban J connectivity index is 1.63. The zero-order chi connectivity index (χ0) is 17.6. The van der Waals surface area contributed by atoms with Crippen molar-refractivity contribution in [1.82, 2.24) is 4.98 Å². The number of nitrogens with two attached hydrogens (primary N) is 1. The van der Waals surface area contributed by atoms with Crippen LogP contribution in [0.4, 0.5) is 11.5 Å². The molecule has 1 saturated heterocycles. The van der Waals surface area contributed by atoms with Crippen LogP contribution in [0.2, 0.25) is 0 Å². The Morgan fingerprint density at radius 2 is 2.08 bits per heavy atom. The number of ether oxygens (including phenoxy) is 1. The van der Waals surface area contributed by atoms with Crippen molar-refractivity contribution >= 4 is 23.3 Å². The number of hydrogen-bond acceptors (Lipinski definition) is 5. The number of benzene rings is 1. The summed E-state index contributed by atoms with van der Waals surface area (Å²) in [6.07, 6.45) is 2.15. The molecule has 7 heteroatoms. The van der Waals surface area contributed by atoms with Crippen LogP contribution in [0, 0.1) is 5.92 Å². The molecule has 1 aliphatic heterocycles. The van der Waals surface area contributed by atoms with Gasteiger partial charge in [-0.25, -0.2) is 4.98 Å². The highest BCUT2D eigenvalue weighted by molar-refractivity contribution is 6.05. The Labute approximate surface area is 145 Å². The molecule has 2 heterocycles. The number of rotatable bonds is 5. The van der Waals surface area contributed by atoms with Gasteiger partial charge < -0.3 is 21.1 Å². The Morgan fingerprint density at radius 1 is 1.20 bits per heavy atom. The van der Waals surface area contributed by atoms with E-state index in [1.807, 2.05) is 0 Å². The second kappa shape index (κ2) is 7.87. The Hall–Kier alpha value is -2.77. The molecule has 3 rings (SSSR count). The van der Waals surface area contributed by atoms with E-state index in [9.17, 15) is 9.59 Å². The zero-order valence-corrected chi connectivity index (χ0v) is 13.6. The molecule has 2 atom stereocenters. The van der Waals surface area contributed by atoms with Gasteiger partial charge in [0.1, 0.15) is 5.82 Å². The van der Waals surface area contributed by atoms with Gasteiger partial charge in [-0.2, -0.15) is 0 Å². The fourth-order valence-corrected chi connectivity index (χ4v) is 2.66. The predicted octanol–water partition coefficient (Wildman–Crippen LogP) is 1.64. The zero-order valence-electron chi connectivity index (χ0n) is 13.6. The highest BCUT2D eigenvalue weighted by atomic mass is 16.5. The molecule has 1 aromatic carbocycles. The monoisotopic (exact) mass is 340 g/mol. The average molecular weight is 340 g/mol. The lowest BCUT2D eigenvalue weighted by atomic mass is 10.0. The van der Waals surface area contributed by atoms with E-state index in [1.165, 1.54) is 0 Å². The van der Waals surface area contributed by atoms with E-state index < -0.39 is 0 Å². The van der Waals surface area contributed by atoms with Crippen molar-refractivity contribution in [2.45, 2.75) is 12.5 Å². The summed E-state index contributed by atoms with van der Waals surface area (Å²) in [4.78, 5) is 28.7. The third-order valence-corrected chi connectivity index (χ3v) is 4.01. The molecule has 7 nitrogen and oxygen atoms in total. The largest absolute Gasteiger partial charge is 0.376 e. The molecule has 1 aromatic heterocycles. The fourth-order valence-electron chi connectivity index (χ4n) is 2.66. The van der Waals surface area contributed by atoms with Crippen LogP contribution < -0.4 is 16.4 Å². The first-order chi connectivity index (χ1) is 12.2. The van der Waals surface area contributed by atoms with Crippen LogP contribution in [0.3, 0.4) is 0 Å². The lowest BCUT2D eigenvalue weighted by molar-refractivity contribution is -0.119. The van der Waals surface area contributed by atoms with E-state index in [0.717, 1.165) is 0 Å². The number of carbonyl (C=O) groups excluding carboxylic acids is 2. The Kier molecular flexibility index (Phi) is 5.37. The van der Waals surface area contributed by atoms with Crippen LogP contribution in [-0.4, -0.2) is 36.1 Å². The molecule has 130 valence electrons. The van der Waals surface area contributed by atoms with E-state index >= 15 is 0 Å². The van der Waals surface area contributed by atoms with Crippen LogP contribution >= 0.6 is 0 Å². The summed E-state index contributed by atoms with van der Waals surface area (Å²) in [5.41, 5.74) is 6.56. The summed E-state index contributed by atoms with van der Waals surface area (Å²) in [6, 6.07) is 12.0. The van der Waals surface area contributed by atoms with Crippen molar-refractivity contribution in [2.24, 2.45) is 11.7 Å². The summed E-state index contributed by atoms with van der Waals surface area (Å²) >= 11 is 0. The second-order valence-electron chi connectivity index (χ2n) is 5.86. The molecular formula is C18H20N4O3. The van der Waals surface area contributed by atoms with Crippen molar-refractivity contribution < 1.29 is 14.3 Å². The van der Waals surface area contributed by atoms with E-state index in [-0.39, 0.29) is 23.8 Å². The molecule has 0 bridgehead atoms. The van der Waals surface area contributed by atoms with E-state index in [0.29, 0.717) is 36.6 Å². The minimum atomic E-state index is -0.290. The van der Waals surface area contributed by atoms with Gasteiger partial charge in [-0.3, -0.25) is 9.59 Å². The Morgan fingerprint density at radius 3 is 2.80 bits per heavy atom. The standard InChI is InChI=1S/C18H20N4O3/c19-10-15-9-13(11-25-15)18(24)21-14-5-3-4-12(8-14)17(23)22-16-6-1-2-7-20-16/h1-8,13,15H,9-11,19H2,(H,21,24)(H,20,22,23). The maximum Gasteiger partial charge on any atom is 0.256 e. The fraction of sp³-hybridized carbons (Fsp3) is 0.278. The molecule has 1 fully saturated rings. The van der Waals surface area contributed by atoms with Crippen molar-refractivity contribution in [1.29, 1.82) is 0 Å². The number of aromatic nitrogens is 1. The second-order valence-corrected chi connectivity index (χ2v) is 5.86. The minimum absolute atomic E-state index is 0.0637. The van der Waals surface area contributed by atoms with Gasteiger partial charge in [0.05, 0.1) is 18.6 Å². The van der Waals surface area contributed by atoms with Gasteiger partial charge in [-0.15, -0.1) is 0 Å². The van der Waals surface area contributed by atoms with E-state index in [2.05, 4.69) is 15.6 Å². The number of hydrogen-bond donors (Lipinski definition) is 3. The molecule has 0 radical (unpaired) electrons.